The summed E-state index contributed by atoms with van der Waals surface area (Å²) in [5.74, 6) is 1.95. The van der Waals surface area contributed by atoms with Crippen LogP contribution in [0.15, 0.2) is 70.2 Å². The monoisotopic (exact) mass is 448 g/mol. The van der Waals surface area contributed by atoms with Gasteiger partial charge in [-0.3, -0.25) is 4.57 Å². The lowest BCUT2D eigenvalue weighted by molar-refractivity contribution is 0.121. The van der Waals surface area contributed by atoms with Gasteiger partial charge in [-0.2, -0.15) is 0 Å². The Hall–Kier alpha value is -3.17. The first kappa shape index (κ1) is 20.7. The first-order valence-corrected chi connectivity index (χ1v) is 11.5. The van der Waals surface area contributed by atoms with Crippen LogP contribution in [0.3, 0.4) is 0 Å². The minimum absolute atomic E-state index is 0.0729. The predicted molar refractivity (Wildman–Crippen MR) is 123 cm³/mol. The van der Waals surface area contributed by atoms with Crippen LogP contribution in [-0.2, 0) is 11.3 Å². The summed E-state index contributed by atoms with van der Waals surface area (Å²) >= 11 is 1.57. The Morgan fingerprint density at radius 3 is 2.38 bits per heavy atom. The summed E-state index contributed by atoms with van der Waals surface area (Å²) in [6.07, 6.45) is 0. The molecule has 1 aliphatic rings. The van der Waals surface area contributed by atoms with E-state index >= 15 is 0 Å². The molecular formula is C23H24N6O2S. The zero-order chi connectivity index (χ0) is 21.8. The highest BCUT2D eigenvalue weighted by atomic mass is 32.2. The Kier molecular flexibility index (Phi) is 6.17. The van der Waals surface area contributed by atoms with Gasteiger partial charge >= 0.3 is 0 Å². The molecule has 2 aromatic heterocycles. The van der Waals surface area contributed by atoms with E-state index in [-0.39, 0.29) is 5.25 Å². The third-order valence-corrected chi connectivity index (χ3v) is 6.33. The average Bonchev–Trinajstić information content (AvgIpc) is 3.49. The van der Waals surface area contributed by atoms with Gasteiger partial charge in [0, 0.05) is 18.7 Å². The molecule has 0 bridgehead atoms. The van der Waals surface area contributed by atoms with E-state index < -0.39 is 0 Å². The molecule has 4 aromatic rings. The Morgan fingerprint density at radius 2 is 1.62 bits per heavy atom. The van der Waals surface area contributed by atoms with Gasteiger partial charge in [-0.1, -0.05) is 60.3 Å². The molecule has 1 aliphatic heterocycles. The summed E-state index contributed by atoms with van der Waals surface area (Å²) < 4.78 is 13.6. The van der Waals surface area contributed by atoms with E-state index in [1.54, 1.807) is 11.8 Å². The number of aromatic nitrogens is 5. The fraction of sp³-hybridized carbons (Fsp3) is 0.304. The van der Waals surface area contributed by atoms with Gasteiger partial charge in [0.2, 0.25) is 17.7 Å². The SMILES string of the molecule is CC(Sc1nnc(N2CCOCC2)n1Cc1ccccc1)c1nnc(-c2ccccc2)o1. The molecule has 8 nitrogen and oxygen atoms in total. The smallest absolute Gasteiger partial charge is 0.247 e. The van der Waals surface area contributed by atoms with E-state index in [0.717, 1.165) is 29.8 Å². The second-order valence-electron chi connectivity index (χ2n) is 7.53. The zero-order valence-electron chi connectivity index (χ0n) is 17.8. The molecule has 1 unspecified atom stereocenters. The van der Waals surface area contributed by atoms with Crippen molar-refractivity contribution in [1.29, 1.82) is 0 Å². The first-order valence-electron chi connectivity index (χ1n) is 10.6. The minimum Gasteiger partial charge on any atom is -0.419 e. The zero-order valence-corrected chi connectivity index (χ0v) is 18.6. The molecule has 1 saturated heterocycles. The van der Waals surface area contributed by atoms with Gasteiger partial charge in [-0.05, 0) is 24.6 Å². The van der Waals surface area contributed by atoms with E-state index in [0.29, 0.717) is 31.5 Å². The summed E-state index contributed by atoms with van der Waals surface area (Å²) in [6, 6.07) is 20.1. The van der Waals surface area contributed by atoms with E-state index in [2.05, 4.69) is 42.0 Å². The maximum absolute atomic E-state index is 5.96. The number of ether oxygens (including phenoxy) is 1. The lowest BCUT2D eigenvalue weighted by atomic mass is 10.2. The van der Waals surface area contributed by atoms with Crippen LogP contribution in [-0.4, -0.2) is 51.3 Å². The van der Waals surface area contributed by atoms with Gasteiger partial charge in [-0.25, -0.2) is 0 Å². The second-order valence-corrected chi connectivity index (χ2v) is 8.83. The maximum Gasteiger partial charge on any atom is 0.247 e. The molecule has 5 rings (SSSR count). The van der Waals surface area contributed by atoms with Crippen LogP contribution in [0.5, 0.6) is 0 Å². The van der Waals surface area contributed by atoms with Gasteiger partial charge in [0.05, 0.1) is 25.0 Å². The first-order chi connectivity index (χ1) is 15.8. The van der Waals surface area contributed by atoms with Crippen molar-refractivity contribution in [2.24, 2.45) is 0 Å². The molecule has 0 spiro atoms. The summed E-state index contributed by atoms with van der Waals surface area (Å²) in [7, 11) is 0. The van der Waals surface area contributed by atoms with E-state index in [1.165, 1.54) is 5.56 Å². The number of nitrogens with zero attached hydrogens (tertiary/aromatic N) is 6. The summed E-state index contributed by atoms with van der Waals surface area (Å²) in [6.45, 7) is 5.73. The Morgan fingerprint density at radius 1 is 0.906 bits per heavy atom. The molecule has 2 aromatic carbocycles. The Balaban J connectivity index is 1.40. The summed E-state index contributed by atoms with van der Waals surface area (Å²) in [5, 5.41) is 18.3. The predicted octanol–water partition coefficient (Wildman–Crippen LogP) is 4.07. The lowest BCUT2D eigenvalue weighted by Crippen LogP contribution is -2.38. The van der Waals surface area contributed by atoms with Crippen LogP contribution in [0, 0.1) is 0 Å². The average molecular weight is 449 g/mol. The molecule has 0 N–H and O–H groups in total. The van der Waals surface area contributed by atoms with Crippen molar-refractivity contribution in [1.82, 2.24) is 25.0 Å². The van der Waals surface area contributed by atoms with Crippen LogP contribution in [0.1, 0.15) is 23.6 Å². The van der Waals surface area contributed by atoms with Crippen molar-refractivity contribution in [2.45, 2.75) is 23.9 Å². The van der Waals surface area contributed by atoms with Gasteiger partial charge < -0.3 is 14.1 Å². The number of hydrogen-bond donors (Lipinski definition) is 0. The van der Waals surface area contributed by atoms with E-state index in [9.17, 15) is 0 Å². The van der Waals surface area contributed by atoms with E-state index in [1.807, 2.05) is 55.5 Å². The second kappa shape index (κ2) is 9.54. The third kappa shape index (κ3) is 4.53. The van der Waals surface area contributed by atoms with Gasteiger partial charge in [0.1, 0.15) is 0 Å². The molecular weight excluding hydrogens is 424 g/mol. The largest absolute Gasteiger partial charge is 0.419 e. The van der Waals surface area contributed by atoms with Crippen LogP contribution in [0.25, 0.3) is 11.5 Å². The maximum atomic E-state index is 5.96. The molecule has 0 saturated carbocycles. The van der Waals surface area contributed by atoms with Crippen molar-refractivity contribution in [3.8, 4) is 11.5 Å². The summed E-state index contributed by atoms with van der Waals surface area (Å²) in [4.78, 5) is 2.23. The van der Waals surface area contributed by atoms with Gasteiger partial charge in [-0.15, -0.1) is 20.4 Å². The minimum atomic E-state index is -0.0729. The molecule has 1 atom stereocenters. The van der Waals surface area contributed by atoms with Crippen molar-refractivity contribution < 1.29 is 9.15 Å². The van der Waals surface area contributed by atoms with Crippen LogP contribution in [0.2, 0.25) is 0 Å². The molecule has 0 aliphatic carbocycles. The number of rotatable bonds is 7. The van der Waals surface area contributed by atoms with Gasteiger partial charge in [0.15, 0.2) is 5.16 Å². The number of morpholine rings is 1. The van der Waals surface area contributed by atoms with Crippen molar-refractivity contribution >= 4 is 17.7 Å². The number of hydrogen-bond acceptors (Lipinski definition) is 8. The number of benzene rings is 2. The highest BCUT2D eigenvalue weighted by Crippen LogP contribution is 2.36. The molecule has 164 valence electrons. The topological polar surface area (TPSA) is 82.1 Å². The quantitative estimate of drug-likeness (QED) is 0.392. The fourth-order valence-electron chi connectivity index (χ4n) is 3.57. The number of anilines is 1. The van der Waals surface area contributed by atoms with Crippen LogP contribution >= 0.6 is 11.8 Å². The van der Waals surface area contributed by atoms with Crippen molar-refractivity contribution in [3.63, 3.8) is 0 Å². The Bertz CT molecular complexity index is 1140. The van der Waals surface area contributed by atoms with Crippen LogP contribution < -0.4 is 4.90 Å². The molecule has 9 heteroatoms. The molecule has 0 amide bonds. The third-order valence-electron chi connectivity index (χ3n) is 5.27. The number of thioether (sulfide) groups is 1. The molecule has 1 fully saturated rings. The summed E-state index contributed by atoms with van der Waals surface area (Å²) in [5.41, 5.74) is 2.10. The van der Waals surface area contributed by atoms with Crippen molar-refractivity contribution in [2.75, 3.05) is 31.2 Å². The van der Waals surface area contributed by atoms with Gasteiger partial charge in [0.25, 0.3) is 0 Å². The standard InChI is InChI=1S/C23H24N6O2S/c1-17(20-24-25-21(31-20)19-10-6-3-7-11-19)32-23-27-26-22(28-12-14-30-15-13-28)29(23)16-18-8-4-2-5-9-18/h2-11,17H,12-16H2,1H3. The molecule has 32 heavy (non-hydrogen) atoms. The normalized spacial score (nSPS) is 15.1. The molecule has 0 radical (unpaired) electrons. The van der Waals surface area contributed by atoms with E-state index in [4.69, 9.17) is 9.15 Å². The van der Waals surface area contributed by atoms with Crippen LogP contribution in [0.4, 0.5) is 5.95 Å². The van der Waals surface area contributed by atoms with Crippen molar-refractivity contribution in [3.05, 3.63) is 72.1 Å². The molecule has 3 heterocycles. The highest BCUT2D eigenvalue weighted by molar-refractivity contribution is 7.99. The lowest BCUT2D eigenvalue weighted by Gasteiger charge is -2.28. The fourth-order valence-corrected chi connectivity index (χ4v) is 4.45. The Labute approximate surface area is 190 Å². The highest BCUT2D eigenvalue weighted by Gasteiger charge is 2.24.